The summed E-state index contributed by atoms with van der Waals surface area (Å²) < 4.78 is 0. The maximum atomic E-state index is 5.99. The molecule has 0 aromatic carbocycles. The molecule has 2 N–H and O–H groups in total. The van der Waals surface area contributed by atoms with E-state index in [4.69, 9.17) is 5.73 Å². The van der Waals surface area contributed by atoms with E-state index in [1.54, 1.807) is 0 Å². The highest BCUT2D eigenvalue weighted by atomic mass is 15.4. The first-order valence-corrected chi connectivity index (χ1v) is 6.44. The lowest BCUT2D eigenvalue weighted by molar-refractivity contribution is 0.197. The Bertz CT molecular complexity index is 264. The molecule has 0 aromatic heterocycles. The van der Waals surface area contributed by atoms with Gasteiger partial charge in [-0.25, -0.2) is 0 Å². The van der Waals surface area contributed by atoms with E-state index in [1.807, 2.05) is 0 Å². The fourth-order valence-corrected chi connectivity index (χ4v) is 3.23. The first kappa shape index (κ1) is 9.49. The van der Waals surface area contributed by atoms with E-state index in [0.717, 1.165) is 24.5 Å². The van der Waals surface area contributed by atoms with Gasteiger partial charge in [0, 0.05) is 6.04 Å². The summed E-state index contributed by atoms with van der Waals surface area (Å²) in [7, 11) is 0. The molecule has 84 valence electrons. The van der Waals surface area contributed by atoms with Gasteiger partial charge in [0.15, 0.2) is 5.96 Å². The molecule has 3 heteroatoms. The summed E-state index contributed by atoms with van der Waals surface area (Å²) in [6.45, 7) is 0.965. The predicted molar refractivity (Wildman–Crippen MR) is 61.7 cm³/mol. The second kappa shape index (κ2) is 3.69. The van der Waals surface area contributed by atoms with Crippen LogP contribution in [0.25, 0.3) is 0 Å². The number of rotatable bonds is 2. The van der Waals surface area contributed by atoms with Crippen molar-refractivity contribution < 1.29 is 0 Å². The Morgan fingerprint density at radius 3 is 2.47 bits per heavy atom. The van der Waals surface area contributed by atoms with Gasteiger partial charge in [0.25, 0.3) is 0 Å². The average molecular weight is 207 g/mol. The maximum absolute atomic E-state index is 5.99. The zero-order valence-corrected chi connectivity index (χ0v) is 9.36. The summed E-state index contributed by atoms with van der Waals surface area (Å²) in [5.41, 5.74) is 5.99. The predicted octanol–water partition coefficient (Wildman–Crippen LogP) is 1.73. The van der Waals surface area contributed by atoms with E-state index >= 15 is 0 Å². The smallest absolute Gasteiger partial charge is 0.191 e. The molecule has 2 fully saturated rings. The molecule has 3 aliphatic rings. The van der Waals surface area contributed by atoms with E-state index in [-0.39, 0.29) is 0 Å². The molecule has 2 aliphatic carbocycles. The van der Waals surface area contributed by atoms with Gasteiger partial charge < -0.3 is 10.6 Å². The lowest BCUT2D eigenvalue weighted by Gasteiger charge is -2.34. The summed E-state index contributed by atoms with van der Waals surface area (Å²) in [5.74, 6) is 1.69. The van der Waals surface area contributed by atoms with Gasteiger partial charge in [-0.15, -0.1) is 0 Å². The molecule has 0 bridgehead atoms. The standard InChI is InChI=1S/C12H21N3/c13-12-14-8-11(15(12)10-6-7-10)9-4-2-1-3-5-9/h9-11H,1-8H2,(H2,13,14). The second-order valence-corrected chi connectivity index (χ2v) is 5.30. The van der Waals surface area contributed by atoms with Crippen LogP contribution in [0, 0.1) is 5.92 Å². The number of hydrogen-bond acceptors (Lipinski definition) is 3. The lowest BCUT2D eigenvalue weighted by atomic mass is 9.83. The molecule has 2 saturated carbocycles. The van der Waals surface area contributed by atoms with Crippen LogP contribution in [0.3, 0.4) is 0 Å². The van der Waals surface area contributed by atoms with Gasteiger partial charge in [-0.05, 0) is 31.6 Å². The summed E-state index contributed by atoms with van der Waals surface area (Å²) >= 11 is 0. The van der Waals surface area contributed by atoms with Gasteiger partial charge in [-0.3, -0.25) is 4.99 Å². The summed E-state index contributed by atoms with van der Waals surface area (Å²) in [6.07, 6.45) is 9.73. The van der Waals surface area contributed by atoms with Crippen molar-refractivity contribution in [2.75, 3.05) is 6.54 Å². The Morgan fingerprint density at radius 2 is 1.80 bits per heavy atom. The highest BCUT2D eigenvalue weighted by Crippen LogP contribution is 2.37. The highest BCUT2D eigenvalue weighted by Gasteiger charge is 2.41. The minimum atomic E-state index is 0.651. The third-order valence-electron chi connectivity index (χ3n) is 4.20. The number of nitrogens with two attached hydrogens (primary N) is 1. The second-order valence-electron chi connectivity index (χ2n) is 5.30. The number of aliphatic imine (C=N–C) groups is 1. The normalized spacial score (nSPS) is 33.2. The Hall–Kier alpha value is -0.730. The van der Waals surface area contributed by atoms with Crippen molar-refractivity contribution in [3.63, 3.8) is 0 Å². The van der Waals surface area contributed by atoms with Crippen molar-refractivity contribution in [1.82, 2.24) is 4.90 Å². The molecule has 1 heterocycles. The van der Waals surface area contributed by atoms with Gasteiger partial charge in [-0.2, -0.15) is 0 Å². The molecule has 0 amide bonds. The van der Waals surface area contributed by atoms with E-state index in [2.05, 4.69) is 9.89 Å². The van der Waals surface area contributed by atoms with Gasteiger partial charge in [0.2, 0.25) is 0 Å². The van der Waals surface area contributed by atoms with Crippen molar-refractivity contribution >= 4 is 5.96 Å². The minimum absolute atomic E-state index is 0.651. The fraction of sp³-hybridized carbons (Fsp3) is 0.917. The van der Waals surface area contributed by atoms with Crippen LogP contribution in [-0.4, -0.2) is 29.5 Å². The summed E-state index contributed by atoms with van der Waals surface area (Å²) in [6, 6.07) is 1.39. The minimum Gasteiger partial charge on any atom is -0.370 e. The first-order valence-electron chi connectivity index (χ1n) is 6.44. The molecule has 15 heavy (non-hydrogen) atoms. The number of nitrogens with zero attached hydrogens (tertiary/aromatic N) is 2. The molecule has 0 aromatic rings. The molecule has 0 radical (unpaired) electrons. The van der Waals surface area contributed by atoms with E-state index in [0.29, 0.717) is 6.04 Å². The van der Waals surface area contributed by atoms with Gasteiger partial charge in [0.1, 0.15) is 0 Å². The van der Waals surface area contributed by atoms with Gasteiger partial charge >= 0.3 is 0 Å². The number of hydrogen-bond donors (Lipinski definition) is 1. The van der Waals surface area contributed by atoms with Crippen LogP contribution in [0.5, 0.6) is 0 Å². The molecule has 0 saturated heterocycles. The molecule has 3 nitrogen and oxygen atoms in total. The van der Waals surface area contributed by atoms with Crippen LogP contribution >= 0.6 is 0 Å². The van der Waals surface area contributed by atoms with Crippen LogP contribution in [0.2, 0.25) is 0 Å². The molecular formula is C12H21N3. The van der Waals surface area contributed by atoms with Crippen LogP contribution in [0.1, 0.15) is 44.9 Å². The zero-order chi connectivity index (χ0) is 10.3. The fourth-order valence-electron chi connectivity index (χ4n) is 3.23. The SMILES string of the molecule is NC1=NCC(C2CCCCC2)N1C1CC1. The Balaban J connectivity index is 1.69. The summed E-state index contributed by atoms with van der Waals surface area (Å²) in [5, 5.41) is 0. The van der Waals surface area contributed by atoms with Crippen molar-refractivity contribution in [3.8, 4) is 0 Å². The molecule has 1 aliphatic heterocycles. The first-order chi connectivity index (χ1) is 7.36. The molecule has 1 unspecified atom stereocenters. The summed E-state index contributed by atoms with van der Waals surface area (Å²) in [4.78, 5) is 6.90. The van der Waals surface area contributed by atoms with Crippen molar-refractivity contribution in [1.29, 1.82) is 0 Å². The largest absolute Gasteiger partial charge is 0.370 e. The van der Waals surface area contributed by atoms with Crippen molar-refractivity contribution in [2.24, 2.45) is 16.6 Å². The third kappa shape index (κ3) is 1.72. The van der Waals surface area contributed by atoms with E-state index in [9.17, 15) is 0 Å². The monoisotopic (exact) mass is 207 g/mol. The van der Waals surface area contributed by atoms with E-state index in [1.165, 1.54) is 44.9 Å². The molecular weight excluding hydrogens is 186 g/mol. The van der Waals surface area contributed by atoms with Crippen LogP contribution in [-0.2, 0) is 0 Å². The lowest BCUT2D eigenvalue weighted by Crippen LogP contribution is -2.46. The van der Waals surface area contributed by atoms with Crippen molar-refractivity contribution in [2.45, 2.75) is 57.0 Å². The van der Waals surface area contributed by atoms with Gasteiger partial charge in [0.05, 0.1) is 12.6 Å². The Kier molecular flexibility index (Phi) is 2.33. The highest BCUT2D eigenvalue weighted by molar-refractivity contribution is 5.80. The topological polar surface area (TPSA) is 41.6 Å². The third-order valence-corrected chi connectivity index (χ3v) is 4.20. The van der Waals surface area contributed by atoms with Gasteiger partial charge in [-0.1, -0.05) is 19.3 Å². The van der Waals surface area contributed by atoms with Crippen LogP contribution in [0.15, 0.2) is 4.99 Å². The molecule has 3 rings (SSSR count). The molecule has 1 atom stereocenters. The van der Waals surface area contributed by atoms with E-state index < -0.39 is 0 Å². The van der Waals surface area contributed by atoms with Crippen LogP contribution in [0.4, 0.5) is 0 Å². The van der Waals surface area contributed by atoms with Crippen LogP contribution < -0.4 is 5.73 Å². The number of guanidine groups is 1. The quantitative estimate of drug-likeness (QED) is 0.749. The average Bonchev–Trinajstić information content (AvgIpc) is 3.03. The Labute approximate surface area is 91.7 Å². The zero-order valence-electron chi connectivity index (χ0n) is 9.36. The Morgan fingerprint density at radius 1 is 1.07 bits per heavy atom. The molecule has 0 spiro atoms. The van der Waals surface area contributed by atoms with Crippen molar-refractivity contribution in [3.05, 3.63) is 0 Å². The maximum Gasteiger partial charge on any atom is 0.191 e.